The number of carbonyl (C=O) groups excluding carboxylic acids is 1. The zero-order chi connectivity index (χ0) is 14.6. The van der Waals surface area contributed by atoms with Crippen LogP contribution in [0.25, 0.3) is 16.5 Å². The second-order valence-electron chi connectivity index (χ2n) is 4.85. The van der Waals surface area contributed by atoms with Crippen molar-refractivity contribution in [1.29, 1.82) is 0 Å². The number of hydrogen-bond acceptors (Lipinski definition) is 2. The minimum absolute atomic E-state index is 0.0300. The molecule has 4 nitrogen and oxygen atoms in total. The van der Waals surface area contributed by atoms with Gasteiger partial charge in [0.2, 0.25) is 0 Å². The highest BCUT2D eigenvalue weighted by Gasteiger charge is 2.24. The van der Waals surface area contributed by atoms with Gasteiger partial charge >= 0.3 is 0 Å². The molecule has 0 saturated heterocycles. The number of fused-ring (bicyclic) bond motifs is 2. The molecule has 21 heavy (non-hydrogen) atoms. The SMILES string of the molecule is O=C1N=c2cc(Cl)ccc2=C1c1c(O)[nH]c2ccccc12. The van der Waals surface area contributed by atoms with Crippen LogP contribution in [0.4, 0.5) is 0 Å². The van der Waals surface area contributed by atoms with Gasteiger partial charge in [0, 0.05) is 21.1 Å². The van der Waals surface area contributed by atoms with E-state index in [0.29, 0.717) is 26.7 Å². The molecule has 2 aromatic carbocycles. The summed E-state index contributed by atoms with van der Waals surface area (Å²) in [5.74, 6) is -0.398. The van der Waals surface area contributed by atoms with Gasteiger partial charge in [-0.2, -0.15) is 0 Å². The third-order valence-electron chi connectivity index (χ3n) is 3.60. The maximum Gasteiger partial charge on any atom is 0.279 e. The molecule has 1 aromatic heterocycles. The first-order valence-corrected chi connectivity index (χ1v) is 6.76. The second kappa shape index (κ2) is 4.20. The number of rotatable bonds is 1. The third-order valence-corrected chi connectivity index (χ3v) is 3.84. The second-order valence-corrected chi connectivity index (χ2v) is 5.28. The Morgan fingerprint density at radius 2 is 1.95 bits per heavy atom. The highest BCUT2D eigenvalue weighted by molar-refractivity contribution is 6.30. The van der Waals surface area contributed by atoms with Gasteiger partial charge in [0.1, 0.15) is 0 Å². The lowest BCUT2D eigenvalue weighted by Gasteiger charge is -1.99. The van der Waals surface area contributed by atoms with Crippen molar-refractivity contribution in [2.45, 2.75) is 0 Å². The molecular weight excluding hydrogens is 288 g/mol. The van der Waals surface area contributed by atoms with Crippen molar-refractivity contribution in [3.8, 4) is 5.88 Å². The fraction of sp³-hybridized carbons (Fsp3) is 0. The summed E-state index contributed by atoms with van der Waals surface area (Å²) < 4.78 is 0. The molecule has 1 aliphatic heterocycles. The largest absolute Gasteiger partial charge is 0.494 e. The minimum atomic E-state index is -0.368. The molecular formula is C16H9ClN2O2. The average Bonchev–Trinajstić information content (AvgIpc) is 2.93. The van der Waals surface area contributed by atoms with E-state index in [1.54, 1.807) is 18.2 Å². The summed E-state index contributed by atoms with van der Waals surface area (Å²) in [6.07, 6.45) is 0. The van der Waals surface area contributed by atoms with Gasteiger partial charge < -0.3 is 10.1 Å². The van der Waals surface area contributed by atoms with Gasteiger partial charge in [-0.3, -0.25) is 4.79 Å². The van der Waals surface area contributed by atoms with Crippen LogP contribution in [-0.2, 0) is 4.79 Å². The summed E-state index contributed by atoms with van der Waals surface area (Å²) in [5.41, 5.74) is 1.66. The number of hydrogen-bond donors (Lipinski definition) is 2. The number of carbonyl (C=O) groups is 1. The summed E-state index contributed by atoms with van der Waals surface area (Å²) in [7, 11) is 0. The van der Waals surface area contributed by atoms with Gasteiger partial charge in [0.25, 0.3) is 5.91 Å². The lowest BCUT2D eigenvalue weighted by Crippen LogP contribution is -2.22. The highest BCUT2D eigenvalue weighted by Crippen LogP contribution is 2.32. The Morgan fingerprint density at radius 1 is 1.14 bits per heavy atom. The van der Waals surface area contributed by atoms with Crippen molar-refractivity contribution in [3.63, 3.8) is 0 Å². The van der Waals surface area contributed by atoms with Crippen LogP contribution in [0.15, 0.2) is 47.5 Å². The predicted octanol–water partition coefficient (Wildman–Crippen LogP) is 1.89. The number of aromatic nitrogens is 1. The summed E-state index contributed by atoms with van der Waals surface area (Å²) >= 11 is 5.93. The standard InChI is InChI=1S/C16H9ClN2O2/c17-8-5-6-10-12(7-8)19-16(21)14(10)13-9-3-1-2-4-11(9)18-15(13)20/h1-7,18,20H. The van der Waals surface area contributed by atoms with Gasteiger partial charge in [-0.05, 0) is 18.2 Å². The molecule has 0 fully saturated rings. The summed E-state index contributed by atoms with van der Waals surface area (Å²) in [5, 5.41) is 12.7. The number of amides is 1. The van der Waals surface area contributed by atoms with Crippen molar-refractivity contribution in [3.05, 3.63) is 63.6 Å². The van der Waals surface area contributed by atoms with Gasteiger partial charge in [0.15, 0.2) is 5.88 Å². The maximum absolute atomic E-state index is 12.3. The van der Waals surface area contributed by atoms with Crippen LogP contribution < -0.4 is 10.6 Å². The van der Waals surface area contributed by atoms with E-state index >= 15 is 0 Å². The van der Waals surface area contributed by atoms with E-state index in [0.717, 1.165) is 10.9 Å². The summed E-state index contributed by atoms with van der Waals surface area (Å²) in [6, 6.07) is 12.5. The van der Waals surface area contributed by atoms with Gasteiger partial charge in [-0.1, -0.05) is 35.9 Å². The number of aromatic hydroxyl groups is 1. The molecule has 5 heteroatoms. The Balaban J connectivity index is 2.17. The molecule has 1 aliphatic rings. The molecule has 0 spiro atoms. The van der Waals surface area contributed by atoms with E-state index in [-0.39, 0.29) is 11.8 Å². The number of H-pyrrole nitrogens is 1. The van der Waals surface area contributed by atoms with Crippen molar-refractivity contribution >= 4 is 34.0 Å². The van der Waals surface area contributed by atoms with Gasteiger partial charge in [0.05, 0.1) is 16.5 Å². The van der Waals surface area contributed by atoms with Crippen LogP contribution >= 0.6 is 11.6 Å². The zero-order valence-corrected chi connectivity index (χ0v) is 11.5. The first-order chi connectivity index (χ1) is 10.1. The van der Waals surface area contributed by atoms with E-state index in [1.165, 1.54) is 0 Å². The monoisotopic (exact) mass is 296 g/mol. The Kier molecular flexibility index (Phi) is 2.43. The molecule has 0 atom stereocenters. The first-order valence-electron chi connectivity index (χ1n) is 6.38. The Hall–Kier alpha value is -2.59. The average molecular weight is 297 g/mol. The molecule has 2 N–H and O–H groups in total. The van der Waals surface area contributed by atoms with E-state index < -0.39 is 0 Å². The number of aromatic amines is 1. The maximum atomic E-state index is 12.3. The first kappa shape index (κ1) is 12.2. The smallest absolute Gasteiger partial charge is 0.279 e. The number of nitrogens with one attached hydrogen (secondary N) is 1. The highest BCUT2D eigenvalue weighted by atomic mass is 35.5. The topological polar surface area (TPSA) is 65.4 Å². The van der Waals surface area contributed by atoms with Crippen molar-refractivity contribution in [1.82, 2.24) is 4.98 Å². The van der Waals surface area contributed by atoms with Crippen molar-refractivity contribution < 1.29 is 9.90 Å². The molecule has 0 saturated carbocycles. The van der Waals surface area contributed by atoms with Gasteiger partial charge in [-0.25, -0.2) is 4.99 Å². The Bertz CT molecular complexity index is 1030. The van der Waals surface area contributed by atoms with Crippen LogP contribution in [0.3, 0.4) is 0 Å². The van der Waals surface area contributed by atoms with Crippen LogP contribution in [0.2, 0.25) is 5.02 Å². The number of nitrogens with zero attached hydrogens (tertiary/aromatic N) is 1. The molecule has 0 radical (unpaired) electrons. The van der Waals surface area contributed by atoms with Crippen LogP contribution in [0.1, 0.15) is 5.56 Å². The van der Waals surface area contributed by atoms with Crippen molar-refractivity contribution in [2.75, 3.05) is 0 Å². The molecule has 0 aliphatic carbocycles. The number of benzene rings is 2. The molecule has 0 bridgehead atoms. The normalized spacial score (nSPS) is 13.6. The molecule has 4 rings (SSSR count). The molecule has 2 heterocycles. The lowest BCUT2D eigenvalue weighted by atomic mass is 10.0. The van der Waals surface area contributed by atoms with E-state index in [2.05, 4.69) is 9.98 Å². The lowest BCUT2D eigenvalue weighted by molar-refractivity contribution is -0.112. The van der Waals surface area contributed by atoms with E-state index in [9.17, 15) is 9.90 Å². The fourth-order valence-corrected chi connectivity index (χ4v) is 2.88. The van der Waals surface area contributed by atoms with Crippen LogP contribution in [0.5, 0.6) is 5.88 Å². The van der Waals surface area contributed by atoms with Crippen LogP contribution in [0, 0.1) is 0 Å². The Morgan fingerprint density at radius 3 is 2.81 bits per heavy atom. The summed E-state index contributed by atoms with van der Waals surface area (Å²) in [4.78, 5) is 19.2. The fourth-order valence-electron chi connectivity index (χ4n) is 2.71. The van der Waals surface area contributed by atoms with Gasteiger partial charge in [-0.15, -0.1) is 0 Å². The van der Waals surface area contributed by atoms with E-state index in [4.69, 9.17) is 11.6 Å². The number of para-hydroxylation sites is 1. The third kappa shape index (κ3) is 1.69. The number of halogens is 1. The minimum Gasteiger partial charge on any atom is -0.494 e. The molecule has 102 valence electrons. The van der Waals surface area contributed by atoms with E-state index in [1.807, 2.05) is 24.3 Å². The molecule has 1 amide bonds. The summed E-state index contributed by atoms with van der Waals surface area (Å²) in [6.45, 7) is 0. The quantitative estimate of drug-likeness (QED) is 0.720. The van der Waals surface area contributed by atoms with Crippen LogP contribution in [-0.4, -0.2) is 16.0 Å². The predicted molar refractivity (Wildman–Crippen MR) is 79.7 cm³/mol. The molecule has 0 unspecified atom stereocenters. The van der Waals surface area contributed by atoms with Crippen molar-refractivity contribution in [2.24, 2.45) is 4.99 Å². The zero-order valence-electron chi connectivity index (χ0n) is 10.7. The molecule has 3 aromatic rings. The Labute approximate surface area is 124 Å².